The number of nitrogens with zero attached hydrogens (tertiary/aromatic N) is 1. The van der Waals surface area contributed by atoms with E-state index in [2.05, 4.69) is 10.6 Å². The quantitative estimate of drug-likeness (QED) is 0.708. The molecule has 0 unspecified atom stereocenters. The van der Waals surface area contributed by atoms with Gasteiger partial charge >= 0.3 is 0 Å². The number of amides is 3. The Bertz CT molecular complexity index is 430. The second kappa shape index (κ2) is 7.61. The van der Waals surface area contributed by atoms with Crippen molar-refractivity contribution in [2.24, 2.45) is 11.8 Å². The number of rotatable bonds is 6. The molecule has 22 heavy (non-hydrogen) atoms. The molecular formula is C16H27N3O3. The van der Waals surface area contributed by atoms with Crippen molar-refractivity contribution in [1.29, 1.82) is 0 Å². The number of hydrogen-bond acceptors (Lipinski definition) is 3. The average Bonchev–Trinajstić information content (AvgIpc) is 3.11. The van der Waals surface area contributed by atoms with Crippen molar-refractivity contribution in [2.45, 2.75) is 52.0 Å². The molecule has 0 spiro atoms. The van der Waals surface area contributed by atoms with Crippen LogP contribution < -0.4 is 10.6 Å². The van der Waals surface area contributed by atoms with Gasteiger partial charge in [-0.05, 0) is 12.8 Å². The summed E-state index contributed by atoms with van der Waals surface area (Å²) in [7, 11) is 0. The van der Waals surface area contributed by atoms with Crippen molar-refractivity contribution in [1.82, 2.24) is 15.5 Å². The maximum Gasteiger partial charge on any atom is 0.225 e. The summed E-state index contributed by atoms with van der Waals surface area (Å²) in [6.07, 6.45) is 4.82. The molecule has 1 aliphatic carbocycles. The molecule has 1 saturated heterocycles. The van der Waals surface area contributed by atoms with E-state index < -0.39 is 0 Å². The highest BCUT2D eigenvalue weighted by molar-refractivity contribution is 5.89. The predicted molar refractivity (Wildman–Crippen MR) is 82.9 cm³/mol. The highest BCUT2D eigenvalue weighted by Crippen LogP contribution is 2.29. The van der Waals surface area contributed by atoms with Crippen LogP contribution in [0.15, 0.2) is 0 Å². The summed E-state index contributed by atoms with van der Waals surface area (Å²) in [5, 5.41) is 5.58. The van der Waals surface area contributed by atoms with Crippen LogP contribution in [-0.2, 0) is 14.4 Å². The van der Waals surface area contributed by atoms with Gasteiger partial charge in [-0.1, -0.05) is 26.7 Å². The van der Waals surface area contributed by atoms with Crippen LogP contribution in [0.1, 0.15) is 46.0 Å². The molecule has 2 fully saturated rings. The Labute approximate surface area is 132 Å². The van der Waals surface area contributed by atoms with Crippen molar-refractivity contribution >= 4 is 17.7 Å². The number of carbonyl (C=O) groups is 3. The molecule has 1 saturated carbocycles. The fraction of sp³-hybridized carbons (Fsp3) is 0.812. The van der Waals surface area contributed by atoms with Crippen molar-refractivity contribution in [3.05, 3.63) is 0 Å². The molecular weight excluding hydrogens is 282 g/mol. The lowest BCUT2D eigenvalue weighted by atomic mass is 10.1. The average molecular weight is 309 g/mol. The van der Waals surface area contributed by atoms with Crippen LogP contribution in [0.5, 0.6) is 0 Å². The van der Waals surface area contributed by atoms with Gasteiger partial charge in [0, 0.05) is 38.0 Å². The summed E-state index contributed by atoms with van der Waals surface area (Å²) in [4.78, 5) is 37.5. The lowest BCUT2D eigenvalue weighted by molar-refractivity contribution is -0.130. The van der Waals surface area contributed by atoms with Gasteiger partial charge in [-0.15, -0.1) is 0 Å². The summed E-state index contributed by atoms with van der Waals surface area (Å²) >= 11 is 0. The standard InChI is InChI=1S/C16H27N3O3/c1-11(2)15(21)17-7-8-18-16(22)12-9-14(20)19(10-12)13-5-3-4-6-13/h11-13H,3-10H2,1-2H3,(H,17,21)(H,18,22)/t12-/m0/s1. The first-order valence-corrected chi connectivity index (χ1v) is 8.34. The maximum atomic E-state index is 12.1. The molecule has 2 rings (SSSR count). The van der Waals surface area contributed by atoms with E-state index in [1.54, 1.807) is 0 Å². The topological polar surface area (TPSA) is 78.5 Å². The zero-order valence-corrected chi connectivity index (χ0v) is 13.6. The van der Waals surface area contributed by atoms with Crippen LogP contribution in [0.2, 0.25) is 0 Å². The lowest BCUT2D eigenvalue weighted by Gasteiger charge is -2.23. The van der Waals surface area contributed by atoms with E-state index in [-0.39, 0.29) is 29.6 Å². The molecule has 0 aromatic carbocycles. The summed E-state index contributed by atoms with van der Waals surface area (Å²) in [5.41, 5.74) is 0. The van der Waals surface area contributed by atoms with Crippen molar-refractivity contribution in [2.75, 3.05) is 19.6 Å². The van der Waals surface area contributed by atoms with Crippen molar-refractivity contribution in [3.63, 3.8) is 0 Å². The molecule has 6 nitrogen and oxygen atoms in total. The summed E-state index contributed by atoms with van der Waals surface area (Å²) in [5.74, 6) is -0.275. The van der Waals surface area contributed by atoms with Crippen LogP contribution in [0.3, 0.4) is 0 Å². The molecule has 1 atom stereocenters. The van der Waals surface area contributed by atoms with E-state index in [0.29, 0.717) is 32.1 Å². The number of carbonyl (C=O) groups excluding carboxylic acids is 3. The minimum atomic E-state index is -0.242. The molecule has 2 N–H and O–H groups in total. The second-order valence-corrected chi connectivity index (χ2v) is 6.62. The van der Waals surface area contributed by atoms with E-state index in [0.717, 1.165) is 12.8 Å². The molecule has 3 amide bonds. The largest absolute Gasteiger partial charge is 0.354 e. The normalized spacial score (nSPS) is 22.4. The molecule has 0 radical (unpaired) electrons. The van der Waals surface area contributed by atoms with Gasteiger partial charge in [-0.25, -0.2) is 0 Å². The van der Waals surface area contributed by atoms with Crippen LogP contribution in [0, 0.1) is 11.8 Å². The van der Waals surface area contributed by atoms with E-state index in [1.165, 1.54) is 12.8 Å². The minimum Gasteiger partial charge on any atom is -0.354 e. The molecule has 1 aliphatic heterocycles. The lowest BCUT2D eigenvalue weighted by Crippen LogP contribution is -2.40. The first-order valence-electron chi connectivity index (χ1n) is 8.34. The maximum absolute atomic E-state index is 12.1. The number of nitrogens with one attached hydrogen (secondary N) is 2. The van der Waals surface area contributed by atoms with Gasteiger partial charge in [0.2, 0.25) is 17.7 Å². The Morgan fingerprint density at radius 1 is 1.18 bits per heavy atom. The Morgan fingerprint density at radius 3 is 2.45 bits per heavy atom. The van der Waals surface area contributed by atoms with Gasteiger partial charge in [0.25, 0.3) is 0 Å². The predicted octanol–water partition coefficient (Wildman–Crippen LogP) is 0.666. The summed E-state index contributed by atoms with van der Waals surface area (Å²) < 4.78 is 0. The van der Waals surface area contributed by atoms with Crippen LogP contribution in [0.4, 0.5) is 0 Å². The van der Waals surface area contributed by atoms with E-state index >= 15 is 0 Å². The zero-order chi connectivity index (χ0) is 16.1. The Morgan fingerprint density at radius 2 is 1.82 bits per heavy atom. The highest BCUT2D eigenvalue weighted by atomic mass is 16.2. The van der Waals surface area contributed by atoms with E-state index in [9.17, 15) is 14.4 Å². The van der Waals surface area contributed by atoms with Gasteiger partial charge in [-0.3, -0.25) is 14.4 Å². The van der Waals surface area contributed by atoms with Gasteiger partial charge in [0.1, 0.15) is 0 Å². The third-order valence-corrected chi connectivity index (χ3v) is 4.54. The van der Waals surface area contributed by atoms with Crippen LogP contribution in [0.25, 0.3) is 0 Å². The van der Waals surface area contributed by atoms with Crippen LogP contribution >= 0.6 is 0 Å². The van der Waals surface area contributed by atoms with Crippen molar-refractivity contribution in [3.8, 4) is 0 Å². The molecule has 124 valence electrons. The smallest absolute Gasteiger partial charge is 0.225 e. The Kier molecular flexibility index (Phi) is 5.80. The molecule has 6 heteroatoms. The van der Waals surface area contributed by atoms with Crippen LogP contribution in [-0.4, -0.2) is 48.3 Å². The van der Waals surface area contributed by atoms with Gasteiger partial charge in [0.15, 0.2) is 0 Å². The number of hydrogen-bond donors (Lipinski definition) is 2. The third-order valence-electron chi connectivity index (χ3n) is 4.54. The highest BCUT2D eigenvalue weighted by Gasteiger charge is 2.38. The molecule has 1 heterocycles. The van der Waals surface area contributed by atoms with E-state index in [1.807, 2.05) is 18.7 Å². The fourth-order valence-corrected chi connectivity index (χ4v) is 3.20. The molecule has 2 aliphatic rings. The van der Waals surface area contributed by atoms with Gasteiger partial charge in [-0.2, -0.15) is 0 Å². The monoisotopic (exact) mass is 309 g/mol. The number of likely N-dealkylation sites (tertiary alicyclic amines) is 1. The first kappa shape index (κ1) is 16.8. The van der Waals surface area contributed by atoms with Gasteiger partial charge < -0.3 is 15.5 Å². The molecule has 0 aromatic heterocycles. The Hall–Kier alpha value is -1.59. The Balaban J connectivity index is 1.70. The second-order valence-electron chi connectivity index (χ2n) is 6.62. The molecule has 0 aromatic rings. The van der Waals surface area contributed by atoms with Gasteiger partial charge in [0.05, 0.1) is 5.92 Å². The fourth-order valence-electron chi connectivity index (χ4n) is 3.20. The first-order chi connectivity index (χ1) is 10.5. The van der Waals surface area contributed by atoms with Crippen molar-refractivity contribution < 1.29 is 14.4 Å². The third kappa shape index (κ3) is 4.21. The minimum absolute atomic E-state index is 0.0160. The van der Waals surface area contributed by atoms with E-state index in [4.69, 9.17) is 0 Å². The SMILES string of the molecule is CC(C)C(=O)NCCNC(=O)[C@H]1CC(=O)N(C2CCCC2)C1. The molecule has 0 bridgehead atoms. The summed E-state index contributed by atoms with van der Waals surface area (Å²) in [6.45, 7) is 5.04. The summed E-state index contributed by atoms with van der Waals surface area (Å²) in [6, 6.07) is 0.343. The zero-order valence-electron chi connectivity index (χ0n) is 13.6.